The van der Waals surface area contributed by atoms with Crippen LogP contribution in [0.3, 0.4) is 0 Å². The Morgan fingerprint density at radius 3 is 1.39 bits per heavy atom. The Labute approximate surface area is 220 Å². The molecule has 2 rings (SSSR count). The molecule has 0 bridgehead atoms. The Bertz CT molecular complexity index is 795. The van der Waals surface area contributed by atoms with Crippen molar-refractivity contribution in [3.05, 3.63) is 56.5 Å². The van der Waals surface area contributed by atoms with E-state index in [4.69, 9.17) is 9.47 Å². The van der Waals surface area contributed by atoms with Crippen molar-refractivity contribution in [1.82, 2.24) is 0 Å². The molecule has 0 unspecified atom stereocenters. The molecule has 2 aromatic rings. The fourth-order valence-electron chi connectivity index (χ4n) is 4.19. The van der Waals surface area contributed by atoms with Crippen LogP contribution >= 0.6 is 31.9 Å². The highest BCUT2D eigenvalue weighted by atomic mass is 79.9. The largest absolute Gasteiger partial charge is 0.496 e. The van der Waals surface area contributed by atoms with Gasteiger partial charge in [0.25, 0.3) is 0 Å². The van der Waals surface area contributed by atoms with Gasteiger partial charge < -0.3 is 9.47 Å². The molecular formula is C28H42Br2O2Si. The molecule has 0 saturated carbocycles. The number of unbranched alkanes of at least 4 members (excludes halogenated alkanes) is 2. The van der Waals surface area contributed by atoms with Gasteiger partial charge >= 0.3 is 0 Å². The van der Waals surface area contributed by atoms with E-state index in [1.165, 1.54) is 36.8 Å². The summed E-state index contributed by atoms with van der Waals surface area (Å²) in [7, 11) is -1.92. The zero-order chi connectivity index (χ0) is 24.4. The molecule has 184 valence electrons. The Morgan fingerprint density at radius 1 is 0.697 bits per heavy atom. The fourth-order valence-corrected chi connectivity index (χ4v) is 8.87. The van der Waals surface area contributed by atoms with Gasteiger partial charge in [-0.15, -0.1) is 0 Å². The van der Waals surface area contributed by atoms with Gasteiger partial charge in [0.1, 0.15) is 19.6 Å². The van der Waals surface area contributed by atoms with Gasteiger partial charge in [0.2, 0.25) is 0 Å². The zero-order valence-corrected chi connectivity index (χ0v) is 25.5. The predicted octanol–water partition coefficient (Wildman–Crippen LogP) is 9.70. The molecule has 0 radical (unpaired) electrons. The van der Waals surface area contributed by atoms with E-state index in [-0.39, 0.29) is 0 Å². The monoisotopic (exact) mass is 596 g/mol. The predicted molar refractivity (Wildman–Crippen MR) is 152 cm³/mol. The summed E-state index contributed by atoms with van der Waals surface area (Å²) in [6.07, 6.45) is 8.60. The third-order valence-electron chi connectivity index (χ3n) is 6.92. The summed E-state index contributed by atoms with van der Waals surface area (Å²) in [5, 5.41) is 0. The summed E-state index contributed by atoms with van der Waals surface area (Å²) in [5.41, 5.74) is 3.82. The molecule has 0 spiro atoms. The lowest BCUT2D eigenvalue weighted by molar-refractivity contribution is 0.331. The van der Waals surface area contributed by atoms with E-state index in [2.05, 4.69) is 110 Å². The second-order valence-electron chi connectivity index (χ2n) is 9.86. The third-order valence-corrected chi connectivity index (χ3v) is 14.1. The van der Waals surface area contributed by atoms with E-state index in [1.54, 1.807) is 0 Å². The molecule has 0 N–H and O–H groups in total. The molecule has 33 heavy (non-hydrogen) atoms. The maximum Gasteiger partial charge on any atom is 0.146 e. The summed E-state index contributed by atoms with van der Waals surface area (Å²) in [4.78, 5) is 0. The van der Waals surface area contributed by atoms with Gasteiger partial charge in [-0.05, 0) is 104 Å². The topological polar surface area (TPSA) is 18.5 Å². The zero-order valence-electron chi connectivity index (χ0n) is 21.3. The van der Waals surface area contributed by atoms with Gasteiger partial charge in [-0.25, -0.2) is 0 Å². The molecule has 0 heterocycles. The highest BCUT2D eigenvalue weighted by Crippen LogP contribution is 2.36. The van der Waals surface area contributed by atoms with Crippen LogP contribution in [0.1, 0.15) is 78.4 Å². The summed E-state index contributed by atoms with van der Waals surface area (Å²) in [5.74, 6) is 1.88. The number of rotatable bonds is 14. The van der Waals surface area contributed by atoms with Crippen LogP contribution in [0.25, 0.3) is 0 Å². The van der Waals surface area contributed by atoms with E-state index >= 15 is 0 Å². The molecule has 0 atom stereocenters. The standard InChI is InChI=1S/C28H42Br2O2Si/c1-7-9-11-23-13-15-27(25(29)17-23)31-19-33(21(3)4,22(5)6)20-32-28-16-14-24(12-10-8-2)18-26(28)30/h13-18,21-22H,7-12,19-20H2,1-6H3. The summed E-state index contributed by atoms with van der Waals surface area (Å²) >= 11 is 7.49. The SMILES string of the molecule is CCCCc1ccc(OC[Si](COc2ccc(CCCC)cc2Br)(C(C)C)C(C)C)c(Br)c1. The molecule has 0 aliphatic carbocycles. The summed E-state index contributed by atoms with van der Waals surface area (Å²) < 4.78 is 15.1. The maximum atomic E-state index is 6.49. The highest BCUT2D eigenvalue weighted by Gasteiger charge is 2.42. The van der Waals surface area contributed by atoms with E-state index in [1.807, 2.05) is 0 Å². The van der Waals surface area contributed by atoms with Crippen molar-refractivity contribution in [2.75, 3.05) is 12.5 Å². The molecule has 2 aromatic carbocycles. The summed E-state index contributed by atoms with van der Waals surface area (Å²) in [6, 6.07) is 13.1. The molecule has 0 aliphatic rings. The quantitative estimate of drug-likeness (QED) is 0.202. The van der Waals surface area contributed by atoms with E-state index < -0.39 is 8.07 Å². The van der Waals surface area contributed by atoms with E-state index in [0.29, 0.717) is 11.1 Å². The minimum absolute atomic E-state index is 0.544. The van der Waals surface area contributed by atoms with Crippen LogP contribution in [0.2, 0.25) is 11.1 Å². The van der Waals surface area contributed by atoms with Gasteiger partial charge in [0.05, 0.1) is 21.4 Å². The van der Waals surface area contributed by atoms with Crippen LogP contribution in [0.5, 0.6) is 11.5 Å². The van der Waals surface area contributed by atoms with Crippen LogP contribution in [-0.4, -0.2) is 20.5 Å². The Balaban J connectivity index is 2.14. The normalized spacial score (nSPS) is 11.9. The maximum absolute atomic E-state index is 6.49. The van der Waals surface area contributed by atoms with Crippen molar-refractivity contribution < 1.29 is 9.47 Å². The van der Waals surface area contributed by atoms with Crippen molar-refractivity contribution in [3.8, 4) is 11.5 Å². The number of aryl methyl sites for hydroxylation is 2. The van der Waals surface area contributed by atoms with Crippen molar-refractivity contribution >= 4 is 39.9 Å². The van der Waals surface area contributed by atoms with Gasteiger partial charge in [-0.2, -0.15) is 0 Å². The van der Waals surface area contributed by atoms with E-state index in [9.17, 15) is 0 Å². The number of hydrogen-bond acceptors (Lipinski definition) is 2. The molecule has 0 saturated heterocycles. The Kier molecular flexibility index (Phi) is 12.0. The number of benzene rings is 2. The Hall–Kier alpha value is -0.783. The number of halogens is 2. The Morgan fingerprint density at radius 2 is 1.09 bits per heavy atom. The van der Waals surface area contributed by atoms with Crippen molar-refractivity contribution in [2.24, 2.45) is 0 Å². The van der Waals surface area contributed by atoms with E-state index in [0.717, 1.165) is 45.7 Å². The first-order chi connectivity index (χ1) is 15.7. The van der Waals surface area contributed by atoms with Crippen LogP contribution in [-0.2, 0) is 12.8 Å². The minimum atomic E-state index is -1.92. The lowest BCUT2D eigenvalue weighted by atomic mass is 10.1. The van der Waals surface area contributed by atoms with Gasteiger partial charge in [0.15, 0.2) is 0 Å². The first kappa shape index (κ1) is 28.5. The average Bonchev–Trinajstić information content (AvgIpc) is 2.77. The number of ether oxygens (including phenoxy) is 2. The van der Waals surface area contributed by atoms with Gasteiger partial charge in [0, 0.05) is 0 Å². The average molecular weight is 599 g/mol. The van der Waals surface area contributed by atoms with Crippen molar-refractivity contribution in [2.45, 2.75) is 91.1 Å². The van der Waals surface area contributed by atoms with Crippen LogP contribution in [0.4, 0.5) is 0 Å². The van der Waals surface area contributed by atoms with Crippen LogP contribution in [0.15, 0.2) is 45.3 Å². The van der Waals surface area contributed by atoms with Crippen molar-refractivity contribution in [1.29, 1.82) is 0 Å². The molecule has 0 amide bonds. The second kappa shape index (κ2) is 13.9. The minimum Gasteiger partial charge on any atom is -0.496 e. The van der Waals surface area contributed by atoms with Crippen molar-refractivity contribution in [3.63, 3.8) is 0 Å². The first-order valence-electron chi connectivity index (χ1n) is 12.6. The van der Waals surface area contributed by atoms with Gasteiger partial charge in [-0.1, -0.05) is 66.5 Å². The first-order valence-corrected chi connectivity index (χ1v) is 16.7. The molecule has 0 fully saturated rings. The second-order valence-corrected chi connectivity index (χ2v) is 16.9. The molecule has 5 heteroatoms. The molecule has 0 aromatic heterocycles. The molecule has 0 aliphatic heterocycles. The third kappa shape index (κ3) is 8.14. The van der Waals surface area contributed by atoms with Crippen LogP contribution < -0.4 is 9.47 Å². The molecular weight excluding hydrogens is 556 g/mol. The molecule has 2 nitrogen and oxygen atoms in total. The highest BCUT2D eigenvalue weighted by molar-refractivity contribution is 9.10. The lowest BCUT2D eigenvalue weighted by Gasteiger charge is -2.38. The fraction of sp³-hybridized carbons (Fsp3) is 0.571. The lowest BCUT2D eigenvalue weighted by Crippen LogP contribution is -2.53. The van der Waals surface area contributed by atoms with Crippen LogP contribution in [0, 0.1) is 0 Å². The van der Waals surface area contributed by atoms with Gasteiger partial charge in [-0.3, -0.25) is 0 Å². The summed E-state index contributed by atoms with van der Waals surface area (Å²) in [6.45, 7) is 13.8. The number of hydrogen-bond donors (Lipinski definition) is 0. The smallest absolute Gasteiger partial charge is 0.146 e.